The van der Waals surface area contributed by atoms with Crippen molar-refractivity contribution in [3.63, 3.8) is 0 Å². The number of rotatable bonds is 2. The molecule has 0 fully saturated rings. The van der Waals surface area contributed by atoms with Crippen molar-refractivity contribution in [1.29, 1.82) is 0 Å². The number of aromatic hydroxyl groups is 1. The van der Waals surface area contributed by atoms with Gasteiger partial charge in [0, 0.05) is 5.56 Å². The molecule has 0 aliphatic carbocycles. The van der Waals surface area contributed by atoms with Crippen LogP contribution in [-0.2, 0) is 0 Å². The molecule has 0 amide bonds. The first-order chi connectivity index (χ1) is 6.19. The summed E-state index contributed by atoms with van der Waals surface area (Å²) in [7, 11) is 1.41. The molecule has 1 rings (SSSR count). The Morgan fingerprint density at radius 2 is 2.23 bits per heavy atom. The Morgan fingerprint density at radius 3 is 2.77 bits per heavy atom. The number of nitrogen functional groups attached to an aromatic ring is 1. The number of hydrogen-bond donors (Lipinski definition) is 3. The molecule has 0 aromatic heterocycles. The molecule has 0 atom stereocenters. The number of methoxy groups -OCH3 is 1. The second-order valence-corrected chi connectivity index (χ2v) is 2.41. The lowest BCUT2D eigenvalue weighted by Crippen LogP contribution is -1.93. The fourth-order valence-corrected chi connectivity index (χ4v) is 0.948. The Morgan fingerprint density at radius 1 is 1.54 bits per heavy atom. The third-order valence-corrected chi connectivity index (χ3v) is 1.55. The van der Waals surface area contributed by atoms with E-state index in [0.29, 0.717) is 5.56 Å². The lowest BCUT2D eigenvalue weighted by Gasteiger charge is -2.06. The predicted molar refractivity (Wildman–Crippen MR) is 48.5 cm³/mol. The number of phenolic OH excluding ortho intramolecular Hbond substituents is 1. The maximum atomic E-state index is 9.33. The molecule has 0 unspecified atom stereocenters. The lowest BCUT2D eigenvalue weighted by molar-refractivity contribution is 0.322. The van der Waals surface area contributed by atoms with Crippen LogP contribution in [0.4, 0.5) is 5.69 Å². The van der Waals surface area contributed by atoms with Crippen molar-refractivity contribution in [1.82, 2.24) is 0 Å². The first-order valence-electron chi connectivity index (χ1n) is 3.53. The predicted octanol–water partition coefficient (Wildman–Crippen LogP) is 0.791. The topological polar surface area (TPSA) is 88.1 Å². The molecule has 4 N–H and O–H groups in total. The highest BCUT2D eigenvalue weighted by molar-refractivity contribution is 5.83. The number of phenols is 1. The normalized spacial score (nSPS) is 10.5. The van der Waals surface area contributed by atoms with Gasteiger partial charge in [-0.3, -0.25) is 0 Å². The lowest BCUT2D eigenvalue weighted by atomic mass is 10.2. The summed E-state index contributed by atoms with van der Waals surface area (Å²) in [6.07, 6.45) is 1.19. The van der Waals surface area contributed by atoms with E-state index in [1.54, 1.807) is 0 Å². The smallest absolute Gasteiger partial charge is 0.181 e. The zero-order chi connectivity index (χ0) is 9.84. The van der Waals surface area contributed by atoms with Gasteiger partial charge >= 0.3 is 0 Å². The summed E-state index contributed by atoms with van der Waals surface area (Å²) in [6, 6.07) is 2.98. The average molecular weight is 182 g/mol. The van der Waals surface area contributed by atoms with Gasteiger partial charge in [-0.2, -0.15) is 0 Å². The molecular weight excluding hydrogens is 172 g/mol. The molecule has 0 aliphatic rings. The first kappa shape index (κ1) is 9.18. The van der Waals surface area contributed by atoms with Crippen LogP contribution in [0.1, 0.15) is 5.56 Å². The molecule has 0 heterocycles. The van der Waals surface area contributed by atoms with Gasteiger partial charge in [0.05, 0.1) is 19.0 Å². The van der Waals surface area contributed by atoms with Crippen LogP contribution in [0.5, 0.6) is 11.5 Å². The summed E-state index contributed by atoms with van der Waals surface area (Å²) < 4.78 is 4.84. The number of hydrogen-bond acceptors (Lipinski definition) is 5. The number of oxime groups is 1. The molecule has 1 aromatic rings. The second-order valence-electron chi connectivity index (χ2n) is 2.41. The highest BCUT2D eigenvalue weighted by Gasteiger charge is 2.06. The maximum Gasteiger partial charge on any atom is 0.181 e. The molecular formula is C8H10N2O3. The minimum Gasteiger partial charge on any atom is -0.503 e. The van der Waals surface area contributed by atoms with Crippen molar-refractivity contribution in [2.45, 2.75) is 0 Å². The number of benzene rings is 1. The molecule has 1 aromatic carbocycles. The molecule has 0 aliphatic heterocycles. The van der Waals surface area contributed by atoms with Crippen molar-refractivity contribution in [3.8, 4) is 11.5 Å². The minimum atomic E-state index is -0.113. The van der Waals surface area contributed by atoms with Crippen LogP contribution >= 0.6 is 0 Å². The van der Waals surface area contributed by atoms with Gasteiger partial charge in [0.25, 0.3) is 0 Å². The van der Waals surface area contributed by atoms with Crippen LogP contribution in [0.25, 0.3) is 0 Å². The van der Waals surface area contributed by atoms with E-state index in [-0.39, 0.29) is 17.2 Å². The summed E-state index contributed by atoms with van der Waals surface area (Å²) in [4.78, 5) is 0. The van der Waals surface area contributed by atoms with Crippen LogP contribution in [-0.4, -0.2) is 23.6 Å². The molecule has 13 heavy (non-hydrogen) atoms. The van der Waals surface area contributed by atoms with Crippen molar-refractivity contribution in [2.24, 2.45) is 5.16 Å². The fraction of sp³-hybridized carbons (Fsp3) is 0.125. The Kier molecular flexibility index (Phi) is 2.59. The van der Waals surface area contributed by atoms with E-state index in [0.717, 1.165) is 0 Å². The van der Waals surface area contributed by atoms with Gasteiger partial charge in [0.1, 0.15) is 0 Å². The molecule has 5 heteroatoms. The Bertz CT molecular complexity index is 336. The van der Waals surface area contributed by atoms with Gasteiger partial charge in [0.15, 0.2) is 11.5 Å². The number of nitrogens with two attached hydrogens (primary N) is 1. The van der Waals surface area contributed by atoms with Gasteiger partial charge in [-0.05, 0) is 12.1 Å². The summed E-state index contributed by atoms with van der Waals surface area (Å²) in [5.74, 6) is 0.132. The van der Waals surface area contributed by atoms with E-state index in [1.807, 2.05) is 0 Å². The summed E-state index contributed by atoms with van der Waals surface area (Å²) in [6.45, 7) is 0. The van der Waals surface area contributed by atoms with Gasteiger partial charge < -0.3 is 20.8 Å². The summed E-state index contributed by atoms with van der Waals surface area (Å²) in [5.41, 5.74) is 6.18. The van der Waals surface area contributed by atoms with Crippen LogP contribution in [0, 0.1) is 0 Å². The van der Waals surface area contributed by atoms with Gasteiger partial charge in [-0.25, -0.2) is 0 Å². The highest BCUT2D eigenvalue weighted by Crippen LogP contribution is 2.32. The zero-order valence-corrected chi connectivity index (χ0v) is 7.06. The van der Waals surface area contributed by atoms with E-state index < -0.39 is 0 Å². The maximum absolute atomic E-state index is 9.33. The van der Waals surface area contributed by atoms with Gasteiger partial charge in [0.2, 0.25) is 0 Å². The number of anilines is 1. The molecule has 0 radical (unpaired) electrons. The Hall–Kier alpha value is -1.91. The standard InChI is InChI=1S/C8H10N2O3/c1-13-7-3-5(4-10-12)2-6(9)8(7)11/h2-4,11-12H,9H2,1H3. The first-order valence-corrected chi connectivity index (χ1v) is 3.53. The molecule has 70 valence electrons. The van der Waals surface area contributed by atoms with E-state index in [4.69, 9.17) is 15.7 Å². The van der Waals surface area contributed by atoms with Crippen molar-refractivity contribution in [3.05, 3.63) is 17.7 Å². The fourth-order valence-electron chi connectivity index (χ4n) is 0.948. The second kappa shape index (κ2) is 3.66. The number of nitrogens with zero attached hydrogens (tertiary/aromatic N) is 1. The van der Waals surface area contributed by atoms with Crippen LogP contribution in [0.3, 0.4) is 0 Å². The molecule has 0 saturated carbocycles. The largest absolute Gasteiger partial charge is 0.503 e. The summed E-state index contributed by atoms with van der Waals surface area (Å²) in [5, 5.41) is 20.4. The Balaban J connectivity index is 3.21. The van der Waals surface area contributed by atoms with E-state index >= 15 is 0 Å². The van der Waals surface area contributed by atoms with Gasteiger partial charge in [-0.15, -0.1) is 0 Å². The minimum absolute atomic E-state index is 0.113. The van der Waals surface area contributed by atoms with E-state index in [2.05, 4.69) is 5.16 Å². The monoisotopic (exact) mass is 182 g/mol. The highest BCUT2D eigenvalue weighted by atomic mass is 16.5. The molecule has 0 bridgehead atoms. The Labute approximate surface area is 75.1 Å². The third kappa shape index (κ3) is 1.81. The quantitative estimate of drug-likeness (QED) is 0.207. The van der Waals surface area contributed by atoms with Crippen LogP contribution < -0.4 is 10.5 Å². The average Bonchev–Trinajstić information content (AvgIpc) is 2.11. The van der Waals surface area contributed by atoms with E-state index in [9.17, 15) is 5.11 Å². The third-order valence-electron chi connectivity index (χ3n) is 1.55. The van der Waals surface area contributed by atoms with Crippen molar-refractivity contribution < 1.29 is 15.1 Å². The molecule has 0 spiro atoms. The van der Waals surface area contributed by atoms with Crippen LogP contribution in [0.2, 0.25) is 0 Å². The van der Waals surface area contributed by atoms with Gasteiger partial charge in [-0.1, -0.05) is 5.16 Å². The molecule has 0 saturated heterocycles. The van der Waals surface area contributed by atoms with Crippen LogP contribution in [0.15, 0.2) is 17.3 Å². The van der Waals surface area contributed by atoms with E-state index in [1.165, 1.54) is 25.5 Å². The van der Waals surface area contributed by atoms with Crippen molar-refractivity contribution in [2.75, 3.05) is 12.8 Å². The SMILES string of the molecule is COc1cc(C=NO)cc(N)c1O. The number of ether oxygens (including phenoxy) is 1. The summed E-state index contributed by atoms with van der Waals surface area (Å²) >= 11 is 0. The molecule has 5 nitrogen and oxygen atoms in total. The van der Waals surface area contributed by atoms with Crippen molar-refractivity contribution >= 4 is 11.9 Å². The zero-order valence-electron chi connectivity index (χ0n) is 7.06.